The van der Waals surface area contributed by atoms with E-state index in [1.54, 1.807) is 36.4 Å². The molecule has 0 bridgehead atoms. The molecule has 164 valence electrons. The van der Waals surface area contributed by atoms with Crippen LogP contribution in [0.3, 0.4) is 0 Å². The second-order valence-corrected chi connectivity index (χ2v) is 9.29. The Morgan fingerprint density at radius 1 is 1.06 bits per heavy atom. The van der Waals surface area contributed by atoms with E-state index in [1.807, 2.05) is 6.07 Å². The van der Waals surface area contributed by atoms with Gasteiger partial charge in [0.2, 0.25) is 23.7 Å². The highest BCUT2D eigenvalue weighted by molar-refractivity contribution is 8.01. The Bertz CT molecular complexity index is 1200. The molecule has 0 radical (unpaired) electrons. The Balaban J connectivity index is 1.25. The van der Waals surface area contributed by atoms with Crippen molar-refractivity contribution < 1.29 is 19.1 Å². The van der Waals surface area contributed by atoms with Crippen LogP contribution in [0.2, 0.25) is 10.0 Å². The molecule has 1 aromatic heterocycles. The first-order chi connectivity index (χ1) is 15.5. The molecule has 0 saturated carbocycles. The smallest absolute Gasteiger partial charge is 0.250 e. The highest BCUT2D eigenvalue weighted by Gasteiger charge is 2.13. The number of carbonyl (C=O) groups excluding carboxylic acids is 2. The highest BCUT2D eigenvalue weighted by atomic mass is 35.5. The minimum atomic E-state index is -0.354. The predicted molar refractivity (Wildman–Crippen MR) is 126 cm³/mol. The van der Waals surface area contributed by atoms with Gasteiger partial charge in [-0.2, -0.15) is 0 Å². The van der Waals surface area contributed by atoms with Gasteiger partial charge in [-0.25, -0.2) is 0 Å². The number of amides is 2. The Morgan fingerprint density at radius 2 is 1.91 bits per heavy atom. The summed E-state index contributed by atoms with van der Waals surface area (Å²) in [6, 6.07) is 10.2. The monoisotopic (exact) mass is 508 g/mol. The van der Waals surface area contributed by atoms with Crippen molar-refractivity contribution >= 4 is 75.0 Å². The average Bonchev–Trinajstić information content (AvgIpc) is 3.42. The number of nitrogens with one attached hydrogen (secondary N) is 2. The zero-order valence-electron chi connectivity index (χ0n) is 16.1. The summed E-state index contributed by atoms with van der Waals surface area (Å²) in [5, 5.41) is 14.4. The summed E-state index contributed by atoms with van der Waals surface area (Å²) in [6.07, 6.45) is 3.04. The van der Waals surface area contributed by atoms with Crippen molar-refractivity contribution in [2.45, 2.75) is 4.34 Å². The molecule has 2 heterocycles. The highest BCUT2D eigenvalue weighted by Crippen LogP contribution is 2.33. The number of aromatic nitrogens is 2. The van der Waals surface area contributed by atoms with Crippen molar-refractivity contribution in [2.24, 2.45) is 0 Å². The first-order valence-corrected chi connectivity index (χ1v) is 11.6. The van der Waals surface area contributed by atoms with Gasteiger partial charge in [-0.3, -0.25) is 14.9 Å². The van der Waals surface area contributed by atoms with Gasteiger partial charge in [0.05, 0.1) is 15.8 Å². The van der Waals surface area contributed by atoms with Crippen molar-refractivity contribution in [3.05, 3.63) is 58.1 Å². The van der Waals surface area contributed by atoms with Gasteiger partial charge in [0.1, 0.15) is 0 Å². The Labute approximate surface area is 200 Å². The number of carbonyl (C=O) groups is 2. The zero-order valence-corrected chi connectivity index (χ0v) is 19.3. The lowest BCUT2D eigenvalue weighted by molar-refractivity contribution is -0.114. The van der Waals surface area contributed by atoms with Gasteiger partial charge >= 0.3 is 0 Å². The summed E-state index contributed by atoms with van der Waals surface area (Å²) in [5.74, 6) is 0.846. The van der Waals surface area contributed by atoms with Crippen molar-refractivity contribution in [1.82, 2.24) is 10.2 Å². The predicted octanol–water partition coefficient (Wildman–Crippen LogP) is 4.96. The van der Waals surface area contributed by atoms with Gasteiger partial charge < -0.3 is 14.8 Å². The fraction of sp³-hybridized carbons (Fsp3) is 0.100. The number of nitrogens with zero attached hydrogens (tertiary/aromatic N) is 2. The van der Waals surface area contributed by atoms with Crippen LogP contribution < -0.4 is 20.1 Å². The molecule has 0 fully saturated rings. The third-order valence-electron chi connectivity index (χ3n) is 3.99. The number of rotatable bonds is 7. The minimum absolute atomic E-state index is 0.118. The van der Waals surface area contributed by atoms with Gasteiger partial charge in [0, 0.05) is 11.8 Å². The summed E-state index contributed by atoms with van der Waals surface area (Å²) in [6.45, 7) is 0.192. The van der Waals surface area contributed by atoms with Crippen molar-refractivity contribution in [3.8, 4) is 11.5 Å². The Hall–Kier alpha value is -2.79. The summed E-state index contributed by atoms with van der Waals surface area (Å²) < 4.78 is 11.1. The van der Waals surface area contributed by atoms with Gasteiger partial charge in [0.15, 0.2) is 15.8 Å². The number of hydrogen-bond acceptors (Lipinski definition) is 8. The first-order valence-electron chi connectivity index (χ1n) is 9.06. The summed E-state index contributed by atoms with van der Waals surface area (Å²) in [5.41, 5.74) is 1.34. The fourth-order valence-electron chi connectivity index (χ4n) is 2.55. The lowest BCUT2D eigenvalue weighted by atomic mass is 10.2. The summed E-state index contributed by atoms with van der Waals surface area (Å²) >= 11 is 14.2. The molecule has 4 rings (SSSR count). The molecule has 0 atom stereocenters. The third-order valence-corrected chi connectivity index (χ3v) is 6.70. The molecule has 0 spiro atoms. The van der Waals surface area contributed by atoms with Gasteiger partial charge in [0.25, 0.3) is 0 Å². The largest absolute Gasteiger partial charge is 0.454 e. The molecule has 32 heavy (non-hydrogen) atoms. The molecule has 0 unspecified atom stereocenters. The molecule has 2 aromatic carbocycles. The Morgan fingerprint density at radius 3 is 2.75 bits per heavy atom. The second kappa shape index (κ2) is 10.2. The number of fused-ring (bicyclic) bond motifs is 1. The maximum Gasteiger partial charge on any atom is 0.250 e. The van der Waals surface area contributed by atoms with Crippen LogP contribution in [0.25, 0.3) is 6.08 Å². The van der Waals surface area contributed by atoms with E-state index in [9.17, 15) is 9.59 Å². The van der Waals surface area contributed by atoms with Crippen LogP contribution in [0.1, 0.15) is 5.56 Å². The van der Waals surface area contributed by atoms with Crippen LogP contribution in [0.5, 0.6) is 11.5 Å². The van der Waals surface area contributed by atoms with Crippen molar-refractivity contribution in [1.29, 1.82) is 0 Å². The lowest BCUT2D eigenvalue weighted by Crippen LogP contribution is -2.13. The maximum atomic E-state index is 12.1. The molecular formula is C20H14Cl2N4O4S2. The van der Waals surface area contributed by atoms with E-state index in [0.29, 0.717) is 36.7 Å². The Kier molecular flexibility index (Phi) is 7.15. The molecule has 1 aliphatic heterocycles. The maximum absolute atomic E-state index is 12.1. The molecular weight excluding hydrogens is 495 g/mol. The molecule has 0 saturated heterocycles. The van der Waals surface area contributed by atoms with E-state index < -0.39 is 0 Å². The normalized spacial score (nSPS) is 12.2. The number of halogens is 2. The number of hydrogen-bond donors (Lipinski definition) is 2. The molecule has 1 aliphatic rings. The third kappa shape index (κ3) is 5.92. The van der Waals surface area contributed by atoms with Gasteiger partial charge in [-0.05, 0) is 42.0 Å². The topological polar surface area (TPSA) is 102 Å². The molecule has 3 aromatic rings. The van der Waals surface area contributed by atoms with Gasteiger partial charge in [-0.15, -0.1) is 10.2 Å². The van der Waals surface area contributed by atoms with E-state index in [2.05, 4.69) is 20.8 Å². The van der Waals surface area contributed by atoms with Crippen molar-refractivity contribution in [3.63, 3.8) is 0 Å². The summed E-state index contributed by atoms with van der Waals surface area (Å²) in [7, 11) is 0. The average molecular weight is 509 g/mol. The van der Waals surface area contributed by atoms with Crippen LogP contribution >= 0.6 is 46.3 Å². The van der Waals surface area contributed by atoms with E-state index in [1.165, 1.54) is 29.2 Å². The first kappa shape index (κ1) is 22.4. The number of thioether (sulfide) groups is 1. The van der Waals surface area contributed by atoms with Crippen LogP contribution in [0.4, 0.5) is 10.8 Å². The van der Waals surface area contributed by atoms with Crippen LogP contribution in [-0.2, 0) is 9.59 Å². The van der Waals surface area contributed by atoms with E-state index >= 15 is 0 Å². The molecule has 2 N–H and O–H groups in total. The standard InChI is InChI=1S/C20H14Cl2N4O4S2/c21-13-4-3-12(8-14(13)22)23-18(28)9-31-20-26-25-19(32-20)24-17(27)6-2-11-1-5-15-16(7-11)30-10-29-15/h1-8H,9-10H2,(H,23,28)(H,24,25,27)/b6-2+. The zero-order chi connectivity index (χ0) is 22.5. The van der Waals surface area contributed by atoms with Crippen LogP contribution in [-0.4, -0.2) is 34.6 Å². The molecule has 12 heteroatoms. The molecule has 2 amide bonds. The quantitative estimate of drug-likeness (QED) is 0.264. The lowest BCUT2D eigenvalue weighted by Gasteiger charge is -2.05. The minimum Gasteiger partial charge on any atom is -0.454 e. The van der Waals surface area contributed by atoms with E-state index in [-0.39, 0.29) is 24.4 Å². The van der Waals surface area contributed by atoms with E-state index in [4.69, 9.17) is 32.7 Å². The SMILES string of the molecule is O=C(/C=C/c1ccc2c(c1)OCO2)Nc1nnc(SCC(=O)Nc2ccc(Cl)c(Cl)c2)s1. The fourth-order valence-corrected chi connectivity index (χ4v) is 4.41. The van der Waals surface area contributed by atoms with Crippen LogP contribution in [0.15, 0.2) is 46.8 Å². The number of anilines is 2. The van der Waals surface area contributed by atoms with Crippen LogP contribution in [0, 0.1) is 0 Å². The molecule has 0 aliphatic carbocycles. The summed E-state index contributed by atoms with van der Waals surface area (Å²) in [4.78, 5) is 24.3. The van der Waals surface area contributed by atoms with Gasteiger partial charge in [-0.1, -0.05) is 52.4 Å². The second-order valence-electron chi connectivity index (χ2n) is 6.27. The molecule has 8 nitrogen and oxygen atoms in total. The van der Waals surface area contributed by atoms with E-state index in [0.717, 1.165) is 5.56 Å². The number of benzene rings is 2. The van der Waals surface area contributed by atoms with Crippen molar-refractivity contribution in [2.75, 3.05) is 23.2 Å². The number of ether oxygens (including phenoxy) is 2.